The van der Waals surface area contributed by atoms with Gasteiger partial charge in [0.2, 0.25) is 0 Å². The van der Waals surface area contributed by atoms with E-state index in [1.165, 1.54) is 0 Å². The molecule has 3 atom stereocenters. The number of nitriles is 1. The Morgan fingerprint density at radius 2 is 2.43 bits per heavy atom. The quantitative estimate of drug-likeness (QED) is 0.705. The highest BCUT2D eigenvalue weighted by Gasteiger charge is 2.26. The Balaban J connectivity index is 2.44. The summed E-state index contributed by atoms with van der Waals surface area (Å²) in [6.45, 7) is 6.18. The van der Waals surface area contributed by atoms with E-state index < -0.39 is 0 Å². The summed E-state index contributed by atoms with van der Waals surface area (Å²) in [6.07, 6.45) is -0.0860. The van der Waals surface area contributed by atoms with Gasteiger partial charge in [0.25, 0.3) is 0 Å². The van der Waals surface area contributed by atoms with E-state index in [4.69, 9.17) is 15.1 Å². The van der Waals surface area contributed by atoms with Crippen molar-refractivity contribution in [1.82, 2.24) is 4.90 Å². The smallest absolute Gasteiger partial charge is 0.0933 e. The molecule has 0 aromatic rings. The lowest BCUT2D eigenvalue weighted by atomic mass is 10.1. The van der Waals surface area contributed by atoms with E-state index in [0.717, 1.165) is 13.1 Å². The Morgan fingerprint density at radius 1 is 1.71 bits per heavy atom. The molecule has 0 radical (unpaired) electrons. The van der Waals surface area contributed by atoms with Crippen LogP contribution in [0.25, 0.3) is 0 Å². The van der Waals surface area contributed by atoms with Gasteiger partial charge in [0, 0.05) is 19.1 Å². The van der Waals surface area contributed by atoms with Gasteiger partial charge in [0.05, 0.1) is 31.3 Å². The van der Waals surface area contributed by atoms with Crippen molar-refractivity contribution in [2.45, 2.75) is 26.0 Å². The predicted molar refractivity (Wildman–Crippen MR) is 52.6 cm³/mol. The highest BCUT2D eigenvalue weighted by Crippen LogP contribution is 2.13. The van der Waals surface area contributed by atoms with Gasteiger partial charge in [-0.3, -0.25) is 4.90 Å². The van der Waals surface area contributed by atoms with Crippen molar-refractivity contribution in [3.8, 4) is 6.07 Å². The van der Waals surface area contributed by atoms with Gasteiger partial charge in [-0.1, -0.05) is 0 Å². The van der Waals surface area contributed by atoms with Crippen LogP contribution < -0.4 is 0 Å². The zero-order valence-electron chi connectivity index (χ0n) is 8.81. The van der Waals surface area contributed by atoms with Crippen LogP contribution in [-0.2, 0) is 4.74 Å². The highest BCUT2D eigenvalue weighted by atomic mass is 16.5. The average molecular weight is 198 g/mol. The third kappa shape index (κ3) is 2.95. The molecule has 0 bridgehead atoms. The molecule has 4 nitrogen and oxygen atoms in total. The van der Waals surface area contributed by atoms with Crippen LogP contribution in [0.2, 0.25) is 0 Å². The zero-order chi connectivity index (χ0) is 10.6. The molecule has 1 rings (SSSR count). The molecule has 0 aromatic carbocycles. The number of morpholine rings is 1. The Morgan fingerprint density at radius 3 is 3.00 bits per heavy atom. The minimum absolute atomic E-state index is 0.0369. The standard InChI is InChI=1S/C10H18N2O2/c1-8(3-11)4-12-5-10(6-13)14-7-9(12)2/h8-10,13H,4-7H2,1-2H3. The second-order valence-corrected chi connectivity index (χ2v) is 3.97. The number of rotatable bonds is 3. The van der Waals surface area contributed by atoms with Crippen LogP contribution in [0.5, 0.6) is 0 Å². The van der Waals surface area contributed by atoms with Crippen molar-refractivity contribution in [3.05, 3.63) is 0 Å². The molecular formula is C10H18N2O2. The number of hydrogen-bond donors (Lipinski definition) is 1. The molecule has 80 valence electrons. The maximum absolute atomic E-state index is 8.97. The molecule has 1 aliphatic rings. The first-order valence-corrected chi connectivity index (χ1v) is 5.03. The predicted octanol–water partition coefficient (Wildman–Crippen LogP) is 0.228. The van der Waals surface area contributed by atoms with Crippen LogP contribution in [0.3, 0.4) is 0 Å². The molecule has 3 unspecified atom stereocenters. The van der Waals surface area contributed by atoms with Gasteiger partial charge < -0.3 is 9.84 Å². The van der Waals surface area contributed by atoms with Crippen molar-refractivity contribution < 1.29 is 9.84 Å². The summed E-state index contributed by atoms with van der Waals surface area (Å²) in [6, 6.07) is 2.56. The molecule has 1 saturated heterocycles. The van der Waals surface area contributed by atoms with Crippen LogP contribution in [0.1, 0.15) is 13.8 Å². The van der Waals surface area contributed by atoms with Crippen molar-refractivity contribution >= 4 is 0 Å². The molecule has 0 saturated carbocycles. The molecular weight excluding hydrogens is 180 g/mol. The van der Waals surface area contributed by atoms with Crippen LogP contribution >= 0.6 is 0 Å². The minimum atomic E-state index is -0.0860. The maximum atomic E-state index is 8.97. The van der Waals surface area contributed by atoms with Gasteiger partial charge in [-0.05, 0) is 13.8 Å². The van der Waals surface area contributed by atoms with Gasteiger partial charge >= 0.3 is 0 Å². The topological polar surface area (TPSA) is 56.5 Å². The lowest BCUT2D eigenvalue weighted by Crippen LogP contribution is -2.50. The lowest BCUT2D eigenvalue weighted by Gasteiger charge is -2.37. The summed E-state index contributed by atoms with van der Waals surface area (Å²) in [4.78, 5) is 2.21. The Labute approximate surface area is 85.1 Å². The van der Waals surface area contributed by atoms with Gasteiger partial charge in [-0.2, -0.15) is 5.26 Å². The maximum Gasteiger partial charge on any atom is 0.0933 e. The van der Waals surface area contributed by atoms with E-state index in [9.17, 15) is 0 Å². The minimum Gasteiger partial charge on any atom is -0.394 e. The fraction of sp³-hybridized carbons (Fsp3) is 0.900. The SMILES string of the molecule is CC(C#N)CN1CC(CO)OCC1C. The average Bonchev–Trinajstić information content (AvgIpc) is 2.21. The van der Waals surface area contributed by atoms with Crippen LogP contribution in [0, 0.1) is 17.2 Å². The lowest BCUT2D eigenvalue weighted by molar-refractivity contribution is -0.0794. The van der Waals surface area contributed by atoms with Crippen molar-refractivity contribution in [1.29, 1.82) is 5.26 Å². The molecule has 1 aliphatic heterocycles. The van der Waals surface area contributed by atoms with E-state index >= 15 is 0 Å². The van der Waals surface area contributed by atoms with Crippen LogP contribution in [0.15, 0.2) is 0 Å². The van der Waals surface area contributed by atoms with Crippen molar-refractivity contribution in [3.63, 3.8) is 0 Å². The summed E-state index contributed by atoms with van der Waals surface area (Å²) in [7, 11) is 0. The molecule has 0 spiro atoms. The molecule has 0 aliphatic carbocycles. The first-order chi connectivity index (χ1) is 6.67. The summed E-state index contributed by atoms with van der Waals surface area (Å²) >= 11 is 0. The Bertz CT molecular complexity index is 215. The van der Waals surface area contributed by atoms with Gasteiger partial charge in [0.15, 0.2) is 0 Å². The van der Waals surface area contributed by atoms with E-state index in [1.807, 2.05) is 6.92 Å². The number of hydrogen-bond acceptors (Lipinski definition) is 4. The summed E-state index contributed by atoms with van der Waals surface area (Å²) < 4.78 is 5.41. The largest absolute Gasteiger partial charge is 0.394 e. The summed E-state index contributed by atoms with van der Waals surface area (Å²) in [5, 5.41) is 17.7. The first-order valence-electron chi connectivity index (χ1n) is 5.03. The second kappa shape index (κ2) is 5.30. The van der Waals surface area contributed by atoms with E-state index in [-0.39, 0.29) is 18.6 Å². The Kier molecular flexibility index (Phi) is 4.33. The molecule has 4 heteroatoms. The first kappa shape index (κ1) is 11.4. The second-order valence-electron chi connectivity index (χ2n) is 3.97. The van der Waals surface area contributed by atoms with Gasteiger partial charge in [-0.25, -0.2) is 0 Å². The molecule has 1 fully saturated rings. The van der Waals surface area contributed by atoms with Gasteiger partial charge in [0.1, 0.15) is 0 Å². The van der Waals surface area contributed by atoms with Crippen LogP contribution in [-0.4, -0.2) is 48.5 Å². The molecule has 1 N–H and O–H groups in total. The third-order valence-electron chi connectivity index (χ3n) is 2.57. The molecule has 0 amide bonds. The fourth-order valence-corrected chi connectivity index (χ4v) is 1.63. The monoisotopic (exact) mass is 198 g/mol. The number of aliphatic hydroxyl groups excluding tert-OH is 1. The molecule has 14 heavy (non-hydrogen) atoms. The zero-order valence-corrected chi connectivity index (χ0v) is 8.81. The number of aliphatic hydroxyl groups is 1. The van der Waals surface area contributed by atoms with Crippen molar-refractivity contribution in [2.24, 2.45) is 5.92 Å². The van der Waals surface area contributed by atoms with E-state index in [1.54, 1.807) is 0 Å². The van der Waals surface area contributed by atoms with E-state index in [0.29, 0.717) is 12.6 Å². The summed E-state index contributed by atoms with van der Waals surface area (Å²) in [5.41, 5.74) is 0. The number of ether oxygens (including phenoxy) is 1. The third-order valence-corrected chi connectivity index (χ3v) is 2.57. The van der Waals surface area contributed by atoms with E-state index in [2.05, 4.69) is 17.9 Å². The molecule has 1 heterocycles. The Hall–Kier alpha value is -0.630. The number of nitrogens with zero attached hydrogens (tertiary/aromatic N) is 2. The van der Waals surface area contributed by atoms with Crippen molar-refractivity contribution in [2.75, 3.05) is 26.3 Å². The van der Waals surface area contributed by atoms with Gasteiger partial charge in [-0.15, -0.1) is 0 Å². The molecule has 0 aromatic heterocycles. The fourth-order valence-electron chi connectivity index (χ4n) is 1.63. The normalized spacial score (nSPS) is 31.0. The summed E-state index contributed by atoms with van der Waals surface area (Å²) in [5.74, 6) is 0.0369. The van der Waals surface area contributed by atoms with Crippen LogP contribution in [0.4, 0.5) is 0 Å². The highest BCUT2D eigenvalue weighted by molar-refractivity contribution is 4.85.